The standard InChI is InChI=1S/C14H15FO2S/c15-10-3-1-4-11(7-10)18-14(12(16)17)8-13(9-14)5-2-6-13/h1,3-4,7H,2,5-6,8-9H2,(H,16,17). The van der Waals surface area contributed by atoms with Gasteiger partial charge in [-0.3, -0.25) is 4.79 Å². The Balaban J connectivity index is 1.78. The van der Waals surface area contributed by atoms with Crippen LogP contribution in [0.5, 0.6) is 0 Å². The van der Waals surface area contributed by atoms with E-state index in [1.807, 2.05) is 0 Å². The van der Waals surface area contributed by atoms with Crippen molar-refractivity contribution < 1.29 is 14.3 Å². The van der Waals surface area contributed by atoms with E-state index in [2.05, 4.69) is 0 Å². The van der Waals surface area contributed by atoms with Crippen LogP contribution >= 0.6 is 11.8 Å². The molecule has 2 nitrogen and oxygen atoms in total. The zero-order valence-electron chi connectivity index (χ0n) is 9.99. The van der Waals surface area contributed by atoms with Crippen molar-refractivity contribution in [1.82, 2.24) is 0 Å². The molecule has 4 heteroatoms. The van der Waals surface area contributed by atoms with Crippen LogP contribution in [0, 0.1) is 11.2 Å². The average Bonchev–Trinajstić information content (AvgIpc) is 2.19. The Labute approximate surface area is 110 Å². The van der Waals surface area contributed by atoms with Crippen molar-refractivity contribution in [1.29, 1.82) is 0 Å². The fourth-order valence-electron chi connectivity index (χ4n) is 3.21. The van der Waals surface area contributed by atoms with E-state index in [0.717, 1.165) is 25.7 Å². The maximum atomic E-state index is 13.1. The lowest BCUT2D eigenvalue weighted by Gasteiger charge is -2.58. The number of rotatable bonds is 3. The number of carboxylic acids is 1. The summed E-state index contributed by atoms with van der Waals surface area (Å²) in [5, 5.41) is 9.45. The number of hydrogen-bond acceptors (Lipinski definition) is 2. The minimum Gasteiger partial charge on any atom is -0.480 e. The minimum absolute atomic E-state index is 0.290. The van der Waals surface area contributed by atoms with Gasteiger partial charge >= 0.3 is 5.97 Å². The van der Waals surface area contributed by atoms with Crippen LogP contribution in [-0.2, 0) is 4.79 Å². The van der Waals surface area contributed by atoms with Gasteiger partial charge in [-0.15, -0.1) is 11.8 Å². The summed E-state index contributed by atoms with van der Waals surface area (Å²) in [7, 11) is 0. The maximum Gasteiger partial charge on any atom is 0.320 e. The molecule has 18 heavy (non-hydrogen) atoms. The molecule has 2 saturated carbocycles. The third-order valence-electron chi connectivity index (χ3n) is 4.23. The average molecular weight is 266 g/mol. The fraction of sp³-hybridized carbons (Fsp3) is 0.500. The molecule has 1 N–H and O–H groups in total. The molecule has 0 aromatic heterocycles. The minimum atomic E-state index is -0.755. The first-order chi connectivity index (χ1) is 8.54. The lowest BCUT2D eigenvalue weighted by molar-refractivity contribution is -0.149. The van der Waals surface area contributed by atoms with Crippen molar-refractivity contribution in [2.45, 2.75) is 41.7 Å². The SMILES string of the molecule is O=C(O)C1(Sc2cccc(F)c2)CC2(CCC2)C1. The van der Waals surface area contributed by atoms with E-state index in [9.17, 15) is 14.3 Å². The summed E-state index contributed by atoms with van der Waals surface area (Å²) in [5.41, 5.74) is 0.290. The number of thioether (sulfide) groups is 1. The van der Waals surface area contributed by atoms with Gasteiger partial charge in [0.25, 0.3) is 0 Å². The monoisotopic (exact) mass is 266 g/mol. The largest absolute Gasteiger partial charge is 0.480 e. The third kappa shape index (κ3) is 1.83. The predicted octanol–water partition coefficient (Wildman–Crippen LogP) is 3.71. The normalized spacial score (nSPS) is 23.2. The van der Waals surface area contributed by atoms with E-state index >= 15 is 0 Å². The van der Waals surface area contributed by atoms with Gasteiger partial charge in [0.15, 0.2) is 0 Å². The van der Waals surface area contributed by atoms with Gasteiger partial charge in [0.05, 0.1) is 0 Å². The van der Waals surface area contributed by atoms with Crippen LogP contribution < -0.4 is 0 Å². The van der Waals surface area contributed by atoms with Gasteiger partial charge in [0.2, 0.25) is 0 Å². The Morgan fingerprint density at radius 1 is 1.33 bits per heavy atom. The number of carboxylic acid groups (broad SMARTS) is 1. The van der Waals surface area contributed by atoms with Crippen LogP contribution in [0.2, 0.25) is 0 Å². The molecule has 96 valence electrons. The highest BCUT2D eigenvalue weighted by molar-refractivity contribution is 8.01. The number of aliphatic carboxylic acids is 1. The summed E-state index contributed by atoms with van der Waals surface area (Å²) in [6.07, 6.45) is 5.00. The van der Waals surface area contributed by atoms with Crippen LogP contribution in [0.3, 0.4) is 0 Å². The molecule has 0 atom stereocenters. The lowest BCUT2D eigenvalue weighted by atomic mass is 9.51. The van der Waals surface area contributed by atoms with Crippen molar-refractivity contribution in [2.24, 2.45) is 5.41 Å². The molecule has 0 heterocycles. The molecule has 1 aromatic rings. The molecule has 2 aliphatic carbocycles. The first-order valence-corrected chi connectivity index (χ1v) is 7.03. The number of halogens is 1. The van der Waals surface area contributed by atoms with E-state index in [0.29, 0.717) is 10.3 Å². The molecule has 0 unspecified atom stereocenters. The molecule has 0 saturated heterocycles. The van der Waals surface area contributed by atoms with E-state index in [1.54, 1.807) is 12.1 Å². The van der Waals surface area contributed by atoms with Crippen LogP contribution in [0.1, 0.15) is 32.1 Å². The van der Waals surface area contributed by atoms with Gasteiger partial charge in [-0.25, -0.2) is 4.39 Å². The number of carbonyl (C=O) groups is 1. The molecule has 1 spiro atoms. The first kappa shape index (κ1) is 12.0. The second kappa shape index (κ2) is 3.98. The molecule has 0 radical (unpaired) electrons. The molecule has 2 fully saturated rings. The van der Waals surface area contributed by atoms with Crippen molar-refractivity contribution in [2.75, 3.05) is 0 Å². The molecule has 2 aliphatic rings. The van der Waals surface area contributed by atoms with Crippen molar-refractivity contribution >= 4 is 17.7 Å². The fourth-order valence-corrected chi connectivity index (χ4v) is 4.83. The zero-order chi connectivity index (χ0) is 12.8. The van der Waals surface area contributed by atoms with Crippen LogP contribution in [0.4, 0.5) is 4.39 Å². The van der Waals surface area contributed by atoms with Gasteiger partial charge < -0.3 is 5.11 Å². The summed E-state index contributed by atoms with van der Waals surface area (Å²) in [6.45, 7) is 0. The van der Waals surface area contributed by atoms with Gasteiger partial charge in [-0.2, -0.15) is 0 Å². The van der Waals surface area contributed by atoms with Crippen LogP contribution in [-0.4, -0.2) is 15.8 Å². The van der Waals surface area contributed by atoms with Gasteiger partial charge in [0, 0.05) is 4.90 Å². The Hall–Kier alpha value is -1.03. The molecular formula is C14H15FO2S. The predicted molar refractivity (Wildman–Crippen MR) is 68.1 cm³/mol. The molecule has 1 aromatic carbocycles. The zero-order valence-corrected chi connectivity index (χ0v) is 10.8. The van der Waals surface area contributed by atoms with E-state index in [1.165, 1.54) is 30.3 Å². The molecule has 0 amide bonds. The van der Waals surface area contributed by atoms with Crippen molar-refractivity contribution in [3.63, 3.8) is 0 Å². The van der Waals surface area contributed by atoms with Crippen LogP contribution in [0.15, 0.2) is 29.2 Å². The van der Waals surface area contributed by atoms with Gasteiger partial charge in [0.1, 0.15) is 10.6 Å². The summed E-state index contributed by atoms with van der Waals surface area (Å²) in [5.74, 6) is -1.06. The first-order valence-electron chi connectivity index (χ1n) is 6.22. The smallest absolute Gasteiger partial charge is 0.320 e. The Morgan fingerprint density at radius 2 is 2.06 bits per heavy atom. The highest BCUT2D eigenvalue weighted by atomic mass is 32.2. The highest BCUT2D eigenvalue weighted by Gasteiger charge is 2.61. The molecule has 0 aliphatic heterocycles. The Kier molecular flexibility index (Phi) is 2.66. The third-order valence-corrected chi connectivity index (χ3v) is 5.58. The molecule has 3 rings (SSSR count). The van der Waals surface area contributed by atoms with Crippen molar-refractivity contribution in [3.8, 4) is 0 Å². The summed E-state index contributed by atoms with van der Waals surface area (Å²) in [6, 6.07) is 6.21. The quantitative estimate of drug-likeness (QED) is 0.906. The lowest BCUT2D eigenvalue weighted by Crippen LogP contribution is -2.57. The Bertz CT molecular complexity index is 488. The number of hydrogen-bond donors (Lipinski definition) is 1. The van der Waals surface area contributed by atoms with Crippen molar-refractivity contribution in [3.05, 3.63) is 30.1 Å². The number of benzene rings is 1. The van der Waals surface area contributed by atoms with E-state index < -0.39 is 10.7 Å². The maximum absolute atomic E-state index is 13.1. The molecule has 0 bridgehead atoms. The highest BCUT2D eigenvalue weighted by Crippen LogP contribution is 2.65. The topological polar surface area (TPSA) is 37.3 Å². The molecular weight excluding hydrogens is 251 g/mol. The van der Waals surface area contributed by atoms with Gasteiger partial charge in [-0.05, 0) is 49.3 Å². The summed E-state index contributed by atoms with van der Waals surface area (Å²) >= 11 is 1.31. The van der Waals surface area contributed by atoms with E-state index in [4.69, 9.17) is 0 Å². The second-order valence-electron chi connectivity index (χ2n) is 5.57. The van der Waals surface area contributed by atoms with Gasteiger partial charge in [-0.1, -0.05) is 12.5 Å². The summed E-state index contributed by atoms with van der Waals surface area (Å²) in [4.78, 5) is 12.2. The Morgan fingerprint density at radius 3 is 2.56 bits per heavy atom. The van der Waals surface area contributed by atoms with Crippen LogP contribution in [0.25, 0.3) is 0 Å². The summed E-state index contributed by atoms with van der Waals surface area (Å²) < 4.78 is 12.4. The second-order valence-corrected chi connectivity index (χ2v) is 7.02. The van der Waals surface area contributed by atoms with E-state index in [-0.39, 0.29) is 5.82 Å².